The van der Waals surface area contributed by atoms with Gasteiger partial charge in [0.15, 0.2) is 5.96 Å². The predicted molar refractivity (Wildman–Crippen MR) is 147 cm³/mol. The van der Waals surface area contributed by atoms with Gasteiger partial charge in [-0.1, -0.05) is 29.8 Å². The Labute approximate surface area is 214 Å². The number of halogens is 2. The van der Waals surface area contributed by atoms with Crippen molar-refractivity contribution in [2.24, 2.45) is 4.99 Å². The lowest BCUT2D eigenvalue weighted by Gasteiger charge is -2.34. The van der Waals surface area contributed by atoms with Crippen molar-refractivity contribution in [1.29, 1.82) is 0 Å². The van der Waals surface area contributed by atoms with Crippen molar-refractivity contribution in [3.8, 4) is 0 Å². The van der Waals surface area contributed by atoms with E-state index >= 15 is 0 Å². The maximum atomic E-state index is 6.06. The van der Waals surface area contributed by atoms with E-state index in [0.717, 1.165) is 49.3 Å². The van der Waals surface area contributed by atoms with Gasteiger partial charge < -0.3 is 20.4 Å². The third-order valence-corrected chi connectivity index (χ3v) is 5.95. The van der Waals surface area contributed by atoms with Gasteiger partial charge in [-0.15, -0.1) is 24.0 Å². The molecule has 0 spiro atoms. The van der Waals surface area contributed by atoms with E-state index in [-0.39, 0.29) is 30.0 Å². The minimum absolute atomic E-state index is 0. The van der Waals surface area contributed by atoms with Gasteiger partial charge in [-0.05, 0) is 70.1 Å². The molecule has 0 saturated carbocycles. The molecule has 2 N–H and O–H groups in total. The van der Waals surface area contributed by atoms with Gasteiger partial charge >= 0.3 is 0 Å². The van der Waals surface area contributed by atoms with Crippen LogP contribution in [0.4, 0.5) is 5.82 Å². The molecule has 1 fully saturated rings. The zero-order chi connectivity index (χ0) is 22.2. The van der Waals surface area contributed by atoms with Gasteiger partial charge in [0.05, 0.1) is 12.6 Å². The summed E-state index contributed by atoms with van der Waals surface area (Å²) in [5, 5.41) is 7.81. The first-order chi connectivity index (χ1) is 15.0. The SMILES string of the molecule is CCNC(=NCC(c1ccc(Cl)cc1)N(C)C)NC1CCN(c2ccc(C)cn2)CC1.I. The summed E-state index contributed by atoms with van der Waals surface area (Å²) in [6.45, 7) is 7.69. The van der Waals surface area contributed by atoms with Crippen LogP contribution in [0.15, 0.2) is 47.6 Å². The van der Waals surface area contributed by atoms with Crippen LogP contribution in [0.5, 0.6) is 0 Å². The Morgan fingerprint density at radius 1 is 1.19 bits per heavy atom. The summed E-state index contributed by atoms with van der Waals surface area (Å²) in [5.74, 6) is 1.96. The minimum Gasteiger partial charge on any atom is -0.357 e. The lowest BCUT2D eigenvalue weighted by atomic mass is 10.1. The highest BCUT2D eigenvalue weighted by molar-refractivity contribution is 14.0. The van der Waals surface area contributed by atoms with Crippen molar-refractivity contribution in [2.75, 3.05) is 45.2 Å². The number of likely N-dealkylation sites (N-methyl/N-ethyl adjacent to an activating group) is 1. The third-order valence-electron chi connectivity index (χ3n) is 5.70. The summed E-state index contributed by atoms with van der Waals surface area (Å²) >= 11 is 6.06. The molecule has 2 heterocycles. The molecule has 1 saturated heterocycles. The molecule has 2 aromatic rings. The summed E-state index contributed by atoms with van der Waals surface area (Å²) in [6, 6.07) is 12.9. The topological polar surface area (TPSA) is 55.8 Å². The number of anilines is 1. The largest absolute Gasteiger partial charge is 0.357 e. The Kier molecular flexibility index (Phi) is 11.0. The summed E-state index contributed by atoms with van der Waals surface area (Å²) in [4.78, 5) is 14.0. The molecule has 3 rings (SSSR count). The molecule has 1 aliphatic heterocycles. The molecule has 0 aliphatic carbocycles. The number of nitrogens with zero attached hydrogens (tertiary/aromatic N) is 4. The van der Waals surface area contributed by atoms with E-state index in [1.165, 1.54) is 11.1 Å². The second-order valence-corrected chi connectivity index (χ2v) is 8.79. The number of aryl methyl sites for hydroxylation is 1. The van der Waals surface area contributed by atoms with Crippen LogP contribution in [-0.4, -0.2) is 62.2 Å². The van der Waals surface area contributed by atoms with Crippen molar-refractivity contribution < 1.29 is 0 Å². The highest BCUT2D eigenvalue weighted by atomic mass is 127. The first-order valence-electron chi connectivity index (χ1n) is 11.1. The fraction of sp³-hybridized carbons (Fsp3) is 0.500. The molecular formula is C24H36ClIN6. The normalized spacial score (nSPS) is 15.9. The van der Waals surface area contributed by atoms with Crippen molar-refractivity contribution in [3.05, 3.63) is 58.7 Å². The smallest absolute Gasteiger partial charge is 0.191 e. The zero-order valence-electron chi connectivity index (χ0n) is 19.5. The Balaban J connectivity index is 0.00000363. The van der Waals surface area contributed by atoms with Gasteiger partial charge in [0.2, 0.25) is 0 Å². The summed E-state index contributed by atoms with van der Waals surface area (Å²) in [6.07, 6.45) is 4.07. The monoisotopic (exact) mass is 570 g/mol. The van der Waals surface area contributed by atoms with E-state index in [9.17, 15) is 0 Å². The van der Waals surface area contributed by atoms with E-state index < -0.39 is 0 Å². The quantitative estimate of drug-likeness (QED) is 0.292. The second kappa shape index (κ2) is 13.2. The van der Waals surface area contributed by atoms with Crippen LogP contribution in [0.1, 0.15) is 36.9 Å². The number of pyridine rings is 1. The standard InChI is InChI=1S/C24H35ClN6.HI/c1-5-26-24(28-17-22(30(3)4)19-7-9-20(25)10-8-19)29-21-12-14-31(15-13-21)23-11-6-18(2)16-27-23;/h6-11,16,21-22H,5,12-15,17H2,1-4H3,(H2,26,28,29);1H. The zero-order valence-corrected chi connectivity index (χ0v) is 22.6. The molecule has 1 aromatic heterocycles. The number of rotatable bonds is 7. The number of nitrogens with one attached hydrogen (secondary N) is 2. The first kappa shape index (κ1) is 26.7. The van der Waals surface area contributed by atoms with E-state index in [1.54, 1.807) is 0 Å². The molecule has 1 atom stereocenters. The number of hydrogen-bond acceptors (Lipinski definition) is 4. The van der Waals surface area contributed by atoms with Crippen LogP contribution in [0.2, 0.25) is 5.02 Å². The Morgan fingerprint density at radius 2 is 1.88 bits per heavy atom. The lowest BCUT2D eigenvalue weighted by molar-refractivity contribution is 0.306. The van der Waals surface area contributed by atoms with Gasteiger partial charge in [-0.3, -0.25) is 4.99 Å². The van der Waals surface area contributed by atoms with Crippen molar-refractivity contribution >= 4 is 47.4 Å². The third kappa shape index (κ3) is 7.78. The molecule has 176 valence electrons. The van der Waals surface area contributed by atoms with Gasteiger partial charge in [0.1, 0.15) is 5.82 Å². The number of piperidine rings is 1. The van der Waals surface area contributed by atoms with Crippen LogP contribution < -0.4 is 15.5 Å². The summed E-state index contributed by atoms with van der Waals surface area (Å²) in [7, 11) is 4.17. The molecule has 1 unspecified atom stereocenters. The molecule has 0 amide bonds. The number of benzene rings is 1. The molecule has 0 radical (unpaired) electrons. The van der Waals surface area contributed by atoms with Gasteiger partial charge in [0, 0.05) is 36.9 Å². The Hall–Kier alpha value is -1.58. The molecule has 1 aliphatic rings. The van der Waals surface area contributed by atoms with E-state index in [1.807, 2.05) is 18.3 Å². The van der Waals surface area contributed by atoms with Crippen LogP contribution in [0, 0.1) is 6.92 Å². The minimum atomic E-state index is 0. The average molecular weight is 571 g/mol. The van der Waals surface area contributed by atoms with Crippen LogP contribution in [0.25, 0.3) is 0 Å². The maximum absolute atomic E-state index is 6.06. The number of aromatic nitrogens is 1. The molecule has 6 nitrogen and oxygen atoms in total. The molecule has 32 heavy (non-hydrogen) atoms. The molecule has 8 heteroatoms. The lowest BCUT2D eigenvalue weighted by Crippen LogP contribution is -2.49. The van der Waals surface area contributed by atoms with Crippen molar-refractivity contribution in [3.63, 3.8) is 0 Å². The highest BCUT2D eigenvalue weighted by Crippen LogP contribution is 2.21. The highest BCUT2D eigenvalue weighted by Gasteiger charge is 2.21. The van der Waals surface area contributed by atoms with Gasteiger partial charge in [0.25, 0.3) is 0 Å². The van der Waals surface area contributed by atoms with E-state index in [0.29, 0.717) is 12.6 Å². The molecule has 1 aromatic carbocycles. The van der Waals surface area contributed by atoms with Crippen molar-refractivity contribution in [1.82, 2.24) is 20.5 Å². The number of guanidine groups is 1. The Bertz CT molecular complexity index is 833. The van der Waals surface area contributed by atoms with Crippen LogP contribution >= 0.6 is 35.6 Å². The van der Waals surface area contributed by atoms with E-state index in [4.69, 9.17) is 16.6 Å². The van der Waals surface area contributed by atoms with Crippen LogP contribution in [-0.2, 0) is 0 Å². The summed E-state index contributed by atoms with van der Waals surface area (Å²) < 4.78 is 0. The fourth-order valence-corrected chi connectivity index (χ4v) is 3.97. The van der Waals surface area contributed by atoms with Crippen LogP contribution in [0.3, 0.4) is 0 Å². The molecule has 0 bridgehead atoms. The van der Waals surface area contributed by atoms with Crippen molar-refractivity contribution in [2.45, 2.75) is 38.8 Å². The summed E-state index contributed by atoms with van der Waals surface area (Å²) in [5.41, 5.74) is 2.41. The Morgan fingerprint density at radius 3 is 2.44 bits per heavy atom. The predicted octanol–water partition coefficient (Wildman–Crippen LogP) is 4.49. The maximum Gasteiger partial charge on any atom is 0.191 e. The first-order valence-corrected chi connectivity index (χ1v) is 11.5. The number of hydrogen-bond donors (Lipinski definition) is 2. The van der Waals surface area contributed by atoms with Gasteiger partial charge in [-0.25, -0.2) is 4.98 Å². The molecular weight excluding hydrogens is 535 g/mol. The van der Waals surface area contributed by atoms with E-state index in [2.05, 4.69) is 77.6 Å². The average Bonchev–Trinajstić information content (AvgIpc) is 2.76. The number of aliphatic imine (C=N–C) groups is 1. The fourth-order valence-electron chi connectivity index (χ4n) is 3.84. The van der Waals surface area contributed by atoms with Gasteiger partial charge in [-0.2, -0.15) is 0 Å². The second-order valence-electron chi connectivity index (χ2n) is 8.35.